The van der Waals surface area contributed by atoms with Gasteiger partial charge in [0.05, 0.1) is 15.3 Å². The summed E-state index contributed by atoms with van der Waals surface area (Å²) in [7, 11) is -3.40. The first kappa shape index (κ1) is 14.1. The highest BCUT2D eigenvalue weighted by atomic mass is 79.9. The zero-order valence-corrected chi connectivity index (χ0v) is 12.3. The first-order chi connectivity index (χ1) is 7.47. The topological polar surface area (TPSA) is 55.4 Å². The SMILES string of the molecule is CCOCCNS(=O)(=O)c1cc(Br)sc1C. The summed E-state index contributed by atoms with van der Waals surface area (Å²) < 4.78 is 32.1. The van der Waals surface area contributed by atoms with Crippen LogP contribution in [0.25, 0.3) is 0 Å². The van der Waals surface area contributed by atoms with Gasteiger partial charge in [-0.05, 0) is 35.8 Å². The van der Waals surface area contributed by atoms with Crippen LogP contribution in [0.4, 0.5) is 0 Å². The van der Waals surface area contributed by atoms with Crippen LogP contribution in [0.2, 0.25) is 0 Å². The fourth-order valence-corrected chi connectivity index (χ4v) is 4.59. The van der Waals surface area contributed by atoms with E-state index in [0.717, 1.165) is 8.66 Å². The van der Waals surface area contributed by atoms with Gasteiger partial charge < -0.3 is 4.74 Å². The molecule has 0 saturated heterocycles. The first-order valence-electron chi connectivity index (χ1n) is 4.80. The molecule has 7 heteroatoms. The van der Waals surface area contributed by atoms with Gasteiger partial charge in [-0.3, -0.25) is 0 Å². The van der Waals surface area contributed by atoms with E-state index in [2.05, 4.69) is 20.7 Å². The number of halogens is 1. The van der Waals surface area contributed by atoms with Crippen molar-refractivity contribution in [1.29, 1.82) is 0 Å². The number of hydrogen-bond donors (Lipinski definition) is 1. The van der Waals surface area contributed by atoms with Crippen molar-refractivity contribution in [2.24, 2.45) is 0 Å². The molecule has 0 fully saturated rings. The van der Waals surface area contributed by atoms with E-state index in [1.165, 1.54) is 11.3 Å². The highest BCUT2D eigenvalue weighted by Gasteiger charge is 2.18. The van der Waals surface area contributed by atoms with Crippen molar-refractivity contribution in [3.8, 4) is 0 Å². The molecule has 1 N–H and O–H groups in total. The third kappa shape index (κ3) is 3.81. The summed E-state index contributed by atoms with van der Waals surface area (Å²) in [6.45, 7) is 4.93. The van der Waals surface area contributed by atoms with Gasteiger partial charge in [-0.1, -0.05) is 0 Å². The van der Waals surface area contributed by atoms with Crippen LogP contribution in [0.1, 0.15) is 11.8 Å². The molecule has 92 valence electrons. The normalized spacial score (nSPS) is 11.9. The third-order valence-electron chi connectivity index (χ3n) is 1.87. The van der Waals surface area contributed by atoms with Gasteiger partial charge in [-0.2, -0.15) is 0 Å². The van der Waals surface area contributed by atoms with Gasteiger partial charge in [-0.15, -0.1) is 11.3 Å². The van der Waals surface area contributed by atoms with Crippen molar-refractivity contribution in [3.63, 3.8) is 0 Å². The van der Waals surface area contributed by atoms with Crippen molar-refractivity contribution in [1.82, 2.24) is 4.72 Å². The molecule has 0 unspecified atom stereocenters. The van der Waals surface area contributed by atoms with Gasteiger partial charge in [0.25, 0.3) is 0 Å². The fraction of sp³-hybridized carbons (Fsp3) is 0.556. The second-order valence-corrected chi connectivity index (χ2v) is 7.44. The van der Waals surface area contributed by atoms with Gasteiger partial charge in [0.15, 0.2) is 0 Å². The maximum atomic E-state index is 11.8. The molecule has 1 aromatic heterocycles. The van der Waals surface area contributed by atoms with E-state index in [4.69, 9.17) is 4.74 Å². The molecule has 0 aromatic carbocycles. The number of sulfonamides is 1. The summed E-state index contributed by atoms with van der Waals surface area (Å²) in [6, 6.07) is 1.61. The smallest absolute Gasteiger partial charge is 0.241 e. The number of thiophene rings is 1. The van der Waals surface area contributed by atoms with Crippen molar-refractivity contribution in [2.45, 2.75) is 18.7 Å². The lowest BCUT2D eigenvalue weighted by molar-refractivity contribution is 0.153. The summed E-state index contributed by atoms with van der Waals surface area (Å²) in [5.74, 6) is 0. The molecular formula is C9H14BrNO3S2. The summed E-state index contributed by atoms with van der Waals surface area (Å²) in [5.41, 5.74) is 0. The molecule has 0 saturated carbocycles. The van der Waals surface area contributed by atoms with Gasteiger partial charge >= 0.3 is 0 Å². The predicted molar refractivity (Wildman–Crippen MR) is 68.4 cm³/mol. The lowest BCUT2D eigenvalue weighted by Crippen LogP contribution is -2.27. The summed E-state index contributed by atoms with van der Waals surface area (Å²) >= 11 is 4.68. The lowest BCUT2D eigenvalue weighted by atomic mass is 10.5. The monoisotopic (exact) mass is 327 g/mol. The number of nitrogens with one attached hydrogen (secondary N) is 1. The van der Waals surface area contributed by atoms with Crippen molar-refractivity contribution < 1.29 is 13.2 Å². The summed E-state index contributed by atoms with van der Waals surface area (Å²) in [4.78, 5) is 1.11. The Balaban J connectivity index is 2.67. The van der Waals surface area contributed by atoms with Crippen molar-refractivity contribution in [2.75, 3.05) is 19.8 Å². The zero-order valence-electron chi connectivity index (χ0n) is 9.12. The Morgan fingerprint density at radius 2 is 2.25 bits per heavy atom. The minimum Gasteiger partial charge on any atom is -0.380 e. The number of rotatable bonds is 6. The van der Waals surface area contributed by atoms with Crippen LogP contribution >= 0.6 is 27.3 Å². The van der Waals surface area contributed by atoms with Crippen LogP contribution in [-0.2, 0) is 14.8 Å². The fourth-order valence-electron chi connectivity index (χ4n) is 1.17. The van der Waals surface area contributed by atoms with Gasteiger partial charge in [-0.25, -0.2) is 13.1 Å². The summed E-state index contributed by atoms with van der Waals surface area (Å²) in [6.07, 6.45) is 0. The van der Waals surface area contributed by atoms with Gasteiger partial charge in [0, 0.05) is 18.0 Å². The Bertz CT molecular complexity index is 442. The number of aryl methyl sites for hydroxylation is 1. The molecule has 0 aliphatic heterocycles. The van der Waals surface area contributed by atoms with Crippen LogP contribution in [0, 0.1) is 6.92 Å². The molecule has 16 heavy (non-hydrogen) atoms. The Kier molecular flexibility index (Phi) is 5.39. The van der Waals surface area contributed by atoms with Gasteiger partial charge in [0.2, 0.25) is 10.0 Å². The zero-order chi connectivity index (χ0) is 12.2. The molecule has 1 heterocycles. The van der Waals surface area contributed by atoms with E-state index in [0.29, 0.717) is 24.7 Å². The second-order valence-electron chi connectivity index (χ2n) is 3.07. The first-order valence-corrected chi connectivity index (χ1v) is 7.90. The van der Waals surface area contributed by atoms with Crippen LogP contribution in [0.15, 0.2) is 14.7 Å². The van der Waals surface area contributed by atoms with Crippen LogP contribution in [0.5, 0.6) is 0 Å². The molecule has 0 aliphatic rings. The van der Waals surface area contributed by atoms with Gasteiger partial charge in [0.1, 0.15) is 0 Å². The maximum Gasteiger partial charge on any atom is 0.241 e. The molecule has 1 rings (SSSR count). The minimum atomic E-state index is -3.40. The molecule has 0 spiro atoms. The van der Waals surface area contributed by atoms with E-state index in [-0.39, 0.29) is 0 Å². The molecule has 0 amide bonds. The number of hydrogen-bond acceptors (Lipinski definition) is 4. The largest absolute Gasteiger partial charge is 0.380 e. The Labute approximate surface area is 108 Å². The van der Waals surface area contributed by atoms with E-state index in [1.807, 2.05) is 6.92 Å². The van der Waals surface area contributed by atoms with Crippen LogP contribution in [-0.4, -0.2) is 28.2 Å². The van der Waals surface area contributed by atoms with Crippen LogP contribution in [0.3, 0.4) is 0 Å². The molecule has 0 bridgehead atoms. The molecule has 1 aromatic rings. The molecule has 0 radical (unpaired) electrons. The predicted octanol–water partition coefficient (Wildman–Crippen LogP) is 2.13. The second kappa shape index (κ2) is 6.11. The quantitative estimate of drug-likeness (QED) is 0.814. The molecule has 4 nitrogen and oxygen atoms in total. The van der Waals surface area contributed by atoms with E-state index < -0.39 is 10.0 Å². The van der Waals surface area contributed by atoms with Crippen molar-refractivity contribution in [3.05, 3.63) is 14.7 Å². The average molecular weight is 328 g/mol. The van der Waals surface area contributed by atoms with E-state index in [9.17, 15) is 8.42 Å². The van der Waals surface area contributed by atoms with Crippen LogP contribution < -0.4 is 4.72 Å². The highest BCUT2D eigenvalue weighted by Crippen LogP contribution is 2.29. The minimum absolute atomic E-state index is 0.295. The maximum absolute atomic E-state index is 11.8. The highest BCUT2D eigenvalue weighted by molar-refractivity contribution is 9.11. The lowest BCUT2D eigenvalue weighted by Gasteiger charge is -2.05. The van der Waals surface area contributed by atoms with E-state index >= 15 is 0 Å². The Morgan fingerprint density at radius 1 is 1.56 bits per heavy atom. The summed E-state index contributed by atoms with van der Waals surface area (Å²) in [5, 5.41) is 0. The van der Waals surface area contributed by atoms with E-state index in [1.54, 1.807) is 13.0 Å². The molecule has 0 aliphatic carbocycles. The third-order valence-corrected chi connectivity index (χ3v) is 5.14. The van der Waals surface area contributed by atoms with Crippen molar-refractivity contribution >= 4 is 37.3 Å². The Hall–Kier alpha value is 0.0500. The molecular weight excluding hydrogens is 314 g/mol. The Morgan fingerprint density at radius 3 is 2.75 bits per heavy atom. The molecule has 0 atom stereocenters. The average Bonchev–Trinajstić information content (AvgIpc) is 2.53. The standard InChI is InChI=1S/C9H14BrNO3S2/c1-3-14-5-4-11-16(12,13)8-6-9(10)15-7(8)2/h6,11H,3-5H2,1-2H3. The number of ether oxygens (including phenoxy) is 1.